The van der Waals surface area contributed by atoms with E-state index in [0.717, 1.165) is 0 Å². The lowest BCUT2D eigenvalue weighted by Gasteiger charge is -2.16. The summed E-state index contributed by atoms with van der Waals surface area (Å²) in [4.78, 5) is 23.0. The van der Waals surface area contributed by atoms with E-state index in [0.29, 0.717) is 32.2 Å². The summed E-state index contributed by atoms with van der Waals surface area (Å²) in [5.74, 6) is -1.77. The third-order valence-electron chi connectivity index (χ3n) is 3.70. The van der Waals surface area contributed by atoms with Gasteiger partial charge in [-0.05, 0) is 31.6 Å². The Bertz CT molecular complexity index is 305. The number of aliphatic carboxylic acids is 1. The predicted octanol–water partition coefficient (Wildman–Crippen LogP) is 1.01. The number of nitrogens with one attached hydrogen (secondary N) is 1. The number of aliphatic hydroxyl groups is 1. The van der Waals surface area contributed by atoms with Crippen LogP contribution in [0.5, 0.6) is 0 Å². The fourth-order valence-corrected chi connectivity index (χ4v) is 2.55. The van der Waals surface area contributed by atoms with E-state index in [2.05, 4.69) is 5.32 Å². The highest BCUT2D eigenvalue weighted by atomic mass is 16.4. The van der Waals surface area contributed by atoms with Gasteiger partial charge >= 0.3 is 5.97 Å². The molecule has 3 N–H and O–H groups in total. The molecule has 0 aromatic carbocycles. The fourth-order valence-electron chi connectivity index (χ4n) is 2.55. The number of amides is 1. The Hall–Kier alpha value is -1.10. The fraction of sp³-hybridized carbons (Fsp3) is 0.846. The molecule has 0 saturated heterocycles. The predicted molar refractivity (Wildman–Crippen MR) is 66.9 cm³/mol. The maximum Gasteiger partial charge on any atom is 0.307 e. The molecule has 1 saturated carbocycles. The van der Waals surface area contributed by atoms with Gasteiger partial charge in [-0.15, -0.1) is 0 Å². The van der Waals surface area contributed by atoms with Crippen LogP contribution in [-0.4, -0.2) is 34.7 Å². The van der Waals surface area contributed by atoms with Crippen molar-refractivity contribution < 1.29 is 19.8 Å². The first-order valence-corrected chi connectivity index (χ1v) is 6.64. The highest BCUT2D eigenvalue weighted by Gasteiger charge is 2.40. The molecule has 0 aliphatic heterocycles. The highest BCUT2D eigenvalue weighted by molar-refractivity contribution is 5.85. The summed E-state index contributed by atoms with van der Waals surface area (Å²) in [5, 5.41) is 21.2. The van der Waals surface area contributed by atoms with Crippen molar-refractivity contribution in [2.45, 2.75) is 45.6 Å². The maximum absolute atomic E-state index is 11.9. The van der Waals surface area contributed by atoms with Crippen LogP contribution >= 0.6 is 0 Å². The lowest BCUT2D eigenvalue weighted by Crippen LogP contribution is -2.36. The zero-order valence-electron chi connectivity index (χ0n) is 11.1. The third-order valence-corrected chi connectivity index (χ3v) is 3.70. The van der Waals surface area contributed by atoms with Crippen LogP contribution in [0.25, 0.3) is 0 Å². The van der Waals surface area contributed by atoms with E-state index in [1.54, 1.807) is 0 Å². The van der Waals surface area contributed by atoms with Gasteiger partial charge in [-0.3, -0.25) is 9.59 Å². The van der Waals surface area contributed by atoms with Gasteiger partial charge < -0.3 is 15.5 Å². The standard InChI is InChI=1S/C13H23NO4/c1-3-9(15)4-5-14-12(16)10-6-8(2)7-11(10)13(17)18/h8-11,15H,3-7H2,1-2H3,(H,14,16)(H,17,18)/t8?,9?,10-,11+/m0/s1. The molecule has 1 aliphatic carbocycles. The summed E-state index contributed by atoms with van der Waals surface area (Å²) in [6.07, 6.45) is 1.99. The zero-order chi connectivity index (χ0) is 13.7. The molecule has 0 radical (unpaired) electrons. The molecule has 5 heteroatoms. The Morgan fingerprint density at radius 3 is 2.50 bits per heavy atom. The topological polar surface area (TPSA) is 86.6 Å². The minimum atomic E-state index is -0.881. The van der Waals surface area contributed by atoms with Crippen LogP contribution in [0.1, 0.15) is 39.5 Å². The van der Waals surface area contributed by atoms with Crippen LogP contribution in [-0.2, 0) is 9.59 Å². The minimum absolute atomic E-state index is 0.185. The summed E-state index contributed by atoms with van der Waals surface area (Å²) in [6, 6.07) is 0. The highest BCUT2D eigenvalue weighted by Crippen LogP contribution is 2.36. The average molecular weight is 257 g/mol. The third kappa shape index (κ3) is 3.98. The van der Waals surface area contributed by atoms with Crippen molar-refractivity contribution in [2.24, 2.45) is 17.8 Å². The monoisotopic (exact) mass is 257 g/mol. The molecule has 0 bridgehead atoms. The Balaban J connectivity index is 2.43. The van der Waals surface area contributed by atoms with Gasteiger partial charge in [0.1, 0.15) is 0 Å². The van der Waals surface area contributed by atoms with Crippen molar-refractivity contribution in [3.8, 4) is 0 Å². The van der Waals surface area contributed by atoms with Gasteiger partial charge in [0.15, 0.2) is 0 Å². The normalized spacial score (nSPS) is 28.9. The molecule has 0 spiro atoms. The number of carboxylic acid groups (broad SMARTS) is 1. The van der Waals surface area contributed by atoms with Gasteiger partial charge in [0.2, 0.25) is 5.91 Å². The summed E-state index contributed by atoms with van der Waals surface area (Å²) >= 11 is 0. The largest absolute Gasteiger partial charge is 0.481 e. The molecule has 0 aromatic rings. The van der Waals surface area contributed by atoms with Gasteiger partial charge in [-0.2, -0.15) is 0 Å². The average Bonchev–Trinajstić information content (AvgIpc) is 2.71. The van der Waals surface area contributed by atoms with E-state index in [1.807, 2.05) is 13.8 Å². The number of carbonyl (C=O) groups excluding carboxylic acids is 1. The summed E-state index contributed by atoms with van der Waals surface area (Å²) in [7, 11) is 0. The van der Waals surface area contributed by atoms with Gasteiger partial charge in [-0.25, -0.2) is 0 Å². The molecule has 4 atom stereocenters. The number of carboxylic acids is 1. The summed E-state index contributed by atoms with van der Waals surface area (Å²) < 4.78 is 0. The molecule has 0 heterocycles. The Labute approximate surface area is 108 Å². The van der Waals surface area contributed by atoms with Crippen LogP contribution in [0, 0.1) is 17.8 Å². The number of aliphatic hydroxyl groups excluding tert-OH is 1. The second kappa shape index (κ2) is 6.73. The van der Waals surface area contributed by atoms with E-state index in [-0.39, 0.29) is 11.8 Å². The number of hydrogen-bond donors (Lipinski definition) is 3. The molecule has 2 unspecified atom stereocenters. The molecule has 1 amide bonds. The van der Waals surface area contributed by atoms with Gasteiger partial charge in [0.05, 0.1) is 17.9 Å². The molecular formula is C13H23NO4. The Kier molecular flexibility index (Phi) is 5.59. The smallest absolute Gasteiger partial charge is 0.307 e. The van der Waals surface area contributed by atoms with Crippen molar-refractivity contribution in [2.75, 3.05) is 6.54 Å². The molecule has 0 aromatic heterocycles. The van der Waals surface area contributed by atoms with Gasteiger partial charge in [0, 0.05) is 6.54 Å². The molecule has 5 nitrogen and oxygen atoms in total. The van der Waals surface area contributed by atoms with Crippen molar-refractivity contribution in [3.05, 3.63) is 0 Å². The van der Waals surface area contributed by atoms with Crippen molar-refractivity contribution in [3.63, 3.8) is 0 Å². The molecule has 1 fully saturated rings. The summed E-state index contributed by atoms with van der Waals surface area (Å²) in [5.41, 5.74) is 0. The lowest BCUT2D eigenvalue weighted by atomic mass is 9.95. The first kappa shape index (κ1) is 15.0. The molecule has 1 rings (SSSR count). The van der Waals surface area contributed by atoms with Crippen molar-refractivity contribution in [1.82, 2.24) is 5.32 Å². The first-order chi connectivity index (χ1) is 8.45. The second-order valence-corrected chi connectivity index (χ2v) is 5.27. The second-order valence-electron chi connectivity index (χ2n) is 5.27. The molecule has 1 aliphatic rings. The summed E-state index contributed by atoms with van der Waals surface area (Å²) in [6.45, 7) is 4.26. The van der Waals surface area contributed by atoms with E-state index in [4.69, 9.17) is 5.11 Å². The lowest BCUT2D eigenvalue weighted by molar-refractivity contribution is -0.146. The van der Waals surface area contributed by atoms with Crippen LogP contribution in [0.3, 0.4) is 0 Å². The van der Waals surface area contributed by atoms with E-state index < -0.39 is 23.9 Å². The SMILES string of the molecule is CCC(O)CCNC(=O)[C@H]1CC(C)C[C@H]1C(=O)O. The Morgan fingerprint density at radius 2 is 1.94 bits per heavy atom. The van der Waals surface area contributed by atoms with Crippen LogP contribution in [0.4, 0.5) is 0 Å². The molecular weight excluding hydrogens is 234 g/mol. The van der Waals surface area contributed by atoms with E-state index in [1.165, 1.54) is 0 Å². The van der Waals surface area contributed by atoms with Crippen LogP contribution in [0.2, 0.25) is 0 Å². The zero-order valence-corrected chi connectivity index (χ0v) is 11.1. The number of rotatable bonds is 6. The minimum Gasteiger partial charge on any atom is -0.481 e. The van der Waals surface area contributed by atoms with Crippen LogP contribution < -0.4 is 5.32 Å². The van der Waals surface area contributed by atoms with Gasteiger partial charge in [0.25, 0.3) is 0 Å². The Morgan fingerprint density at radius 1 is 1.33 bits per heavy atom. The van der Waals surface area contributed by atoms with Gasteiger partial charge in [-0.1, -0.05) is 13.8 Å². The molecule has 104 valence electrons. The molecule has 18 heavy (non-hydrogen) atoms. The van der Waals surface area contributed by atoms with Crippen LogP contribution in [0.15, 0.2) is 0 Å². The van der Waals surface area contributed by atoms with Crippen molar-refractivity contribution >= 4 is 11.9 Å². The van der Waals surface area contributed by atoms with Crippen molar-refractivity contribution in [1.29, 1.82) is 0 Å². The maximum atomic E-state index is 11.9. The van der Waals surface area contributed by atoms with E-state index in [9.17, 15) is 14.7 Å². The van der Waals surface area contributed by atoms with E-state index >= 15 is 0 Å². The first-order valence-electron chi connectivity index (χ1n) is 6.64. The number of hydrogen-bond acceptors (Lipinski definition) is 3. The number of carbonyl (C=O) groups is 2. The quantitative estimate of drug-likeness (QED) is 0.663.